The second-order valence-corrected chi connectivity index (χ2v) is 6.13. The molecule has 25 heavy (non-hydrogen) atoms. The van der Waals surface area contributed by atoms with Crippen LogP contribution >= 0.6 is 0 Å². The number of carbonyl (C=O) groups excluding carboxylic acids is 2. The van der Waals surface area contributed by atoms with Crippen molar-refractivity contribution < 1.29 is 24.2 Å². The van der Waals surface area contributed by atoms with Gasteiger partial charge in [0.25, 0.3) is 0 Å². The summed E-state index contributed by atoms with van der Waals surface area (Å²) in [5.74, 6) is -4.37. The summed E-state index contributed by atoms with van der Waals surface area (Å²) in [6.45, 7) is 1.75. The highest BCUT2D eigenvalue weighted by atomic mass is 16.5. The number of amides is 1. The van der Waals surface area contributed by atoms with Gasteiger partial charge >= 0.3 is 11.9 Å². The van der Waals surface area contributed by atoms with E-state index in [2.05, 4.69) is 10.3 Å². The highest BCUT2D eigenvalue weighted by Gasteiger charge is 2.45. The minimum absolute atomic E-state index is 0.0672. The zero-order chi connectivity index (χ0) is 17.7. The SMILES string of the molecule is CCOC(=O)C1=C2c3cccc4[nH]cc(c34)CC2NC(=O)C1C(=O)O. The monoisotopic (exact) mass is 340 g/mol. The van der Waals surface area contributed by atoms with Gasteiger partial charge in [0.05, 0.1) is 18.2 Å². The van der Waals surface area contributed by atoms with E-state index in [1.54, 1.807) is 6.92 Å². The van der Waals surface area contributed by atoms with Crippen LogP contribution in [0.15, 0.2) is 30.0 Å². The molecule has 3 N–H and O–H groups in total. The van der Waals surface area contributed by atoms with Gasteiger partial charge in [0.1, 0.15) is 0 Å². The number of hydrogen-bond donors (Lipinski definition) is 3. The molecule has 2 heterocycles. The lowest BCUT2D eigenvalue weighted by molar-refractivity contribution is -0.150. The molecule has 2 unspecified atom stereocenters. The number of ether oxygens (including phenoxy) is 1. The third-order valence-corrected chi connectivity index (χ3v) is 4.75. The number of carbonyl (C=O) groups is 3. The van der Waals surface area contributed by atoms with Crippen LogP contribution < -0.4 is 5.32 Å². The number of carboxylic acid groups (broad SMARTS) is 1. The molecule has 1 aromatic heterocycles. The van der Waals surface area contributed by atoms with Crippen molar-refractivity contribution in [2.45, 2.75) is 19.4 Å². The van der Waals surface area contributed by atoms with Gasteiger partial charge in [-0.3, -0.25) is 9.59 Å². The van der Waals surface area contributed by atoms with E-state index in [4.69, 9.17) is 4.74 Å². The van der Waals surface area contributed by atoms with Gasteiger partial charge in [-0.05, 0) is 36.1 Å². The average Bonchev–Trinajstić information content (AvgIpc) is 2.98. The van der Waals surface area contributed by atoms with Crippen molar-refractivity contribution in [2.24, 2.45) is 5.92 Å². The molecule has 7 nitrogen and oxygen atoms in total. The van der Waals surface area contributed by atoms with Crippen LogP contribution in [-0.2, 0) is 25.5 Å². The number of H-pyrrole nitrogens is 1. The van der Waals surface area contributed by atoms with Crippen molar-refractivity contribution in [1.29, 1.82) is 0 Å². The van der Waals surface area contributed by atoms with Crippen molar-refractivity contribution in [2.75, 3.05) is 6.61 Å². The molecule has 1 aliphatic carbocycles. The zero-order valence-corrected chi connectivity index (χ0v) is 13.5. The number of nitrogens with one attached hydrogen (secondary N) is 2. The molecule has 2 aliphatic rings. The first-order chi connectivity index (χ1) is 12.0. The number of aromatic amines is 1. The van der Waals surface area contributed by atoms with Crippen molar-refractivity contribution in [3.8, 4) is 0 Å². The summed E-state index contributed by atoms with van der Waals surface area (Å²) in [7, 11) is 0. The van der Waals surface area contributed by atoms with Crippen molar-refractivity contribution in [3.05, 3.63) is 41.1 Å². The van der Waals surface area contributed by atoms with Gasteiger partial charge in [-0.1, -0.05) is 12.1 Å². The normalized spacial score (nSPS) is 21.7. The van der Waals surface area contributed by atoms with Crippen LogP contribution in [0.1, 0.15) is 18.1 Å². The summed E-state index contributed by atoms with van der Waals surface area (Å²) < 4.78 is 5.08. The number of benzene rings is 1. The van der Waals surface area contributed by atoms with Crippen molar-refractivity contribution in [3.63, 3.8) is 0 Å². The first-order valence-electron chi connectivity index (χ1n) is 8.06. The topological polar surface area (TPSA) is 108 Å². The highest BCUT2D eigenvalue weighted by Crippen LogP contribution is 2.41. The van der Waals surface area contributed by atoms with Crippen LogP contribution in [-0.4, -0.2) is 40.6 Å². The van der Waals surface area contributed by atoms with Crippen LogP contribution in [0.3, 0.4) is 0 Å². The Hall–Kier alpha value is -3.09. The molecule has 0 radical (unpaired) electrons. The number of carboxylic acids is 1. The maximum atomic E-state index is 12.6. The van der Waals surface area contributed by atoms with Crippen molar-refractivity contribution in [1.82, 2.24) is 10.3 Å². The fourth-order valence-electron chi connectivity index (χ4n) is 3.82. The highest BCUT2D eigenvalue weighted by molar-refractivity contribution is 6.17. The van der Waals surface area contributed by atoms with Crippen LogP contribution in [0, 0.1) is 5.92 Å². The van der Waals surface area contributed by atoms with E-state index in [-0.39, 0.29) is 12.2 Å². The molecule has 0 spiro atoms. The fourth-order valence-corrected chi connectivity index (χ4v) is 3.82. The minimum atomic E-state index is -1.57. The predicted molar refractivity (Wildman–Crippen MR) is 88.6 cm³/mol. The molecule has 0 bridgehead atoms. The largest absolute Gasteiger partial charge is 0.480 e. The Morgan fingerprint density at radius 2 is 2.16 bits per heavy atom. The summed E-state index contributed by atoms with van der Waals surface area (Å²) in [5.41, 5.74) is 3.17. The number of rotatable bonds is 3. The van der Waals surface area contributed by atoms with Gasteiger partial charge in [-0.2, -0.15) is 0 Å². The van der Waals surface area contributed by atoms with E-state index < -0.39 is 29.8 Å². The van der Waals surface area contributed by atoms with E-state index in [9.17, 15) is 19.5 Å². The summed E-state index contributed by atoms with van der Waals surface area (Å²) >= 11 is 0. The zero-order valence-electron chi connectivity index (χ0n) is 13.5. The van der Waals surface area contributed by atoms with Gasteiger partial charge in [-0.25, -0.2) is 4.79 Å². The van der Waals surface area contributed by atoms with Crippen LogP contribution in [0.4, 0.5) is 0 Å². The van der Waals surface area contributed by atoms with Crippen LogP contribution in [0.2, 0.25) is 0 Å². The summed E-state index contributed by atoms with van der Waals surface area (Å²) in [6.07, 6.45) is 2.37. The number of esters is 1. The van der Waals surface area contributed by atoms with Crippen LogP contribution in [0.25, 0.3) is 16.5 Å². The van der Waals surface area contributed by atoms with Gasteiger partial charge < -0.3 is 20.1 Å². The second-order valence-electron chi connectivity index (χ2n) is 6.13. The Kier molecular flexibility index (Phi) is 3.38. The summed E-state index contributed by atoms with van der Waals surface area (Å²) in [4.78, 5) is 39.8. The Balaban J connectivity index is 2.04. The Bertz CT molecular complexity index is 956. The van der Waals surface area contributed by atoms with Gasteiger partial charge in [0.15, 0.2) is 5.92 Å². The van der Waals surface area contributed by atoms with Gasteiger partial charge in [0, 0.05) is 17.1 Å². The first kappa shape index (κ1) is 15.4. The Morgan fingerprint density at radius 1 is 1.36 bits per heavy atom. The third-order valence-electron chi connectivity index (χ3n) is 4.75. The van der Waals surface area contributed by atoms with Gasteiger partial charge in [0.2, 0.25) is 5.91 Å². The lowest BCUT2D eigenvalue weighted by Gasteiger charge is -2.35. The molecule has 4 rings (SSSR count). The Labute approximate surface area is 142 Å². The van der Waals surface area contributed by atoms with E-state index in [1.165, 1.54) is 0 Å². The molecular weight excluding hydrogens is 324 g/mol. The number of fused-ring (bicyclic) bond motifs is 2. The maximum absolute atomic E-state index is 12.6. The third kappa shape index (κ3) is 2.15. The smallest absolute Gasteiger partial charge is 0.335 e. The molecular formula is C18H16N2O5. The Morgan fingerprint density at radius 3 is 2.88 bits per heavy atom. The maximum Gasteiger partial charge on any atom is 0.335 e. The first-order valence-corrected chi connectivity index (χ1v) is 8.06. The predicted octanol–water partition coefficient (Wildman–Crippen LogP) is 1.24. The second kappa shape index (κ2) is 5.47. The van der Waals surface area contributed by atoms with Gasteiger partial charge in [-0.15, -0.1) is 0 Å². The molecule has 1 amide bonds. The molecule has 1 aromatic carbocycles. The molecule has 1 aliphatic heterocycles. The van der Waals surface area contributed by atoms with E-state index in [0.29, 0.717) is 12.0 Å². The van der Waals surface area contributed by atoms with E-state index in [1.807, 2.05) is 24.4 Å². The average molecular weight is 340 g/mol. The minimum Gasteiger partial charge on any atom is -0.480 e. The molecule has 2 atom stereocenters. The molecule has 7 heteroatoms. The summed E-state index contributed by atoms with van der Waals surface area (Å²) in [5, 5.41) is 13.2. The molecule has 0 saturated carbocycles. The van der Waals surface area contributed by atoms with Crippen LogP contribution in [0.5, 0.6) is 0 Å². The molecule has 0 fully saturated rings. The lowest BCUT2D eigenvalue weighted by atomic mass is 9.76. The van der Waals surface area contributed by atoms with Crippen molar-refractivity contribution >= 4 is 34.3 Å². The standard InChI is InChI=1S/C18H16N2O5/c1-2-25-18(24)14-13-9-4-3-5-10-12(9)8(7-19-10)6-11(13)20-16(21)15(14)17(22)23/h3-5,7,11,15,19H,2,6H2,1H3,(H,20,21)(H,22,23). The molecule has 0 saturated heterocycles. The molecule has 128 valence electrons. The quantitative estimate of drug-likeness (QED) is 0.575. The fraction of sp³-hybridized carbons (Fsp3) is 0.278. The lowest BCUT2D eigenvalue weighted by Crippen LogP contribution is -2.51. The van der Waals surface area contributed by atoms with E-state index >= 15 is 0 Å². The number of aromatic nitrogens is 1. The summed E-state index contributed by atoms with van der Waals surface area (Å²) in [6, 6.07) is 5.15. The van der Waals surface area contributed by atoms with E-state index in [0.717, 1.165) is 22.0 Å². The number of hydrogen-bond acceptors (Lipinski definition) is 4. The molecule has 2 aromatic rings. The number of aliphatic carboxylic acids is 1.